The van der Waals surface area contributed by atoms with Gasteiger partial charge in [-0.2, -0.15) is 5.06 Å². The van der Waals surface area contributed by atoms with Crippen LogP contribution in [0.15, 0.2) is 24.3 Å². The average Bonchev–Trinajstić information content (AvgIpc) is 2.32. The largest absolute Gasteiger partial charge is 0.361 e. The van der Waals surface area contributed by atoms with Crippen LogP contribution in [0.5, 0.6) is 0 Å². The van der Waals surface area contributed by atoms with Gasteiger partial charge in [0.25, 0.3) is 0 Å². The number of hydrogen-bond donors (Lipinski definition) is 2. The molecule has 0 bridgehead atoms. The molecule has 2 rings (SSSR count). The van der Waals surface area contributed by atoms with Gasteiger partial charge < -0.3 is 15.1 Å². The van der Waals surface area contributed by atoms with Crippen molar-refractivity contribution in [2.45, 2.75) is 38.1 Å². The molecule has 0 aliphatic carbocycles. The zero-order valence-corrected chi connectivity index (χ0v) is 12.7. The van der Waals surface area contributed by atoms with E-state index in [9.17, 15) is 10.3 Å². The van der Waals surface area contributed by atoms with Crippen LogP contribution in [0.2, 0.25) is 5.02 Å². The van der Waals surface area contributed by atoms with E-state index < -0.39 is 17.4 Å². The Morgan fingerprint density at radius 1 is 1.42 bits per heavy atom. The third-order valence-electron chi connectivity index (χ3n) is 3.44. The van der Waals surface area contributed by atoms with Crippen LogP contribution in [-0.2, 0) is 10.5 Å². The topological polar surface area (TPSA) is 52.9 Å². The standard InChI is InChI=1S/C13H18ClNO3.ClH/c1-9-13(16,10-5-4-6-11(14)7-10)18-8-12(2,3)15(9)17;/h4-7,9,16-17H,8H2,1-3H3;1H/t9-,13+;/m1./s1. The maximum atomic E-state index is 10.7. The molecule has 0 unspecified atom stereocenters. The van der Waals surface area contributed by atoms with Crippen molar-refractivity contribution in [2.75, 3.05) is 6.61 Å². The van der Waals surface area contributed by atoms with Crippen LogP contribution in [0, 0.1) is 0 Å². The first-order valence-corrected chi connectivity index (χ1v) is 6.26. The molecule has 0 radical (unpaired) electrons. The fraction of sp³-hybridized carbons (Fsp3) is 0.538. The Kier molecular flexibility index (Phi) is 4.88. The summed E-state index contributed by atoms with van der Waals surface area (Å²) >= 11 is 5.92. The Labute approximate surface area is 124 Å². The van der Waals surface area contributed by atoms with E-state index in [-0.39, 0.29) is 19.0 Å². The molecule has 2 N–H and O–H groups in total. The Hall–Kier alpha value is -0.360. The molecule has 0 saturated carbocycles. The van der Waals surface area contributed by atoms with Crippen molar-refractivity contribution < 1.29 is 15.1 Å². The number of morpholine rings is 1. The van der Waals surface area contributed by atoms with E-state index in [0.29, 0.717) is 10.6 Å². The minimum Gasteiger partial charge on any atom is -0.361 e. The number of aliphatic hydroxyl groups is 1. The molecule has 1 aromatic rings. The van der Waals surface area contributed by atoms with Gasteiger partial charge in [0.2, 0.25) is 5.79 Å². The lowest BCUT2D eigenvalue weighted by Gasteiger charge is -2.50. The monoisotopic (exact) mass is 307 g/mol. The molecular weight excluding hydrogens is 289 g/mol. The zero-order chi connectivity index (χ0) is 13.6. The highest BCUT2D eigenvalue weighted by molar-refractivity contribution is 6.30. The summed E-state index contributed by atoms with van der Waals surface area (Å²) in [7, 11) is 0. The molecule has 19 heavy (non-hydrogen) atoms. The van der Waals surface area contributed by atoms with Gasteiger partial charge in [0.05, 0.1) is 18.2 Å². The van der Waals surface area contributed by atoms with E-state index >= 15 is 0 Å². The molecule has 1 fully saturated rings. The van der Waals surface area contributed by atoms with Crippen molar-refractivity contribution in [1.82, 2.24) is 5.06 Å². The second-order valence-corrected chi connectivity index (χ2v) is 5.76. The first-order chi connectivity index (χ1) is 8.27. The van der Waals surface area contributed by atoms with Gasteiger partial charge in [-0.05, 0) is 32.9 Å². The molecule has 1 aliphatic heterocycles. The molecule has 0 amide bonds. The highest BCUT2D eigenvalue weighted by Crippen LogP contribution is 2.38. The summed E-state index contributed by atoms with van der Waals surface area (Å²) in [5.41, 5.74) is 0.00146. The van der Waals surface area contributed by atoms with Crippen molar-refractivity contribution in [2.24, 2.45) is 0 Å². The van der Waals surface area contributed by atoms with Crippen LogP contribution in [-0.4, -0.2) is 33.6 Å². The van der Waals surface area contributed by atoms with Crippen molar-refractivity contribution in [3.63, 3.8) is 0 Å². The molecule has 108 valence electrons. The first kappa shape index (κ1) is 16.7. The number of benzene rings is 1. The number of nitrogens with zero attached hydrogens (tertiary/aromatic N) is 1. The van der Waals surface area contributed by atoms with Gasteiger partial charge in [0, 0.05) is 10.6 Å². The van der Waals surface area contributed by atoms with Gasteiger partial charge in [0.1, 0.15) is 0 Å². The van der Waals surface area contributed by atoms with Gasteiger partial charge in [-0.3, -0.25) is 0 Å². The van der Waals surface area contributed by atoms with Gasteiger partial charge in [-0.25, -0.2) is 0 Å². The van der Waals surface area contributed by atoms with Crippen LogP contribution in [0.4, 0.5) is 0 Å². The Bertz CT molecular complexity index is 455. The van der Waals surface area contributed by atoms with Crippen molar-refractivity contribution in [1.29, 1.82) is 0 Å². The van der Waals surface area contributed by atoms with E-state index in [4.69, 9.17) is 16.3 Å². The maximum Gasteiger partial charge on any atom is 0.210 e. The van der Waals surface area contributed by atoms with Crippen LogP contribution in [0.1, 0.15) is 26.3 Å². The highest BCUT2D eigenvalue weighted by Gasteiger charge is 2.50. The van der Waals surface area contributed by atoms with E-state index in [0.717, 1.165) is 5.06 Å². The fourth-order valence-electron chi connectivity index (χ4n) is 2.20. The quantitative estimate of drug-likeness (QED) is 0.837. The molecule has 0 spiro atoms. The molecule has 2 atom stereocenters. The molecule has 1 aliphatic rings. The minimum absolute atomic E-state index is 0. The lowest BCUT2D eigenvalue weighted by molar-refractivity contribution is -0.363. The maximum absolute atomic E-state index is 10.7. The molecule has 6 heteroatoms. The van der Waals surface area contributed by atoms with Crippen LogP contribution >= 0.6 is 24.0 Å². The fourth-order valence-corrected chi connectivity index (χ4v) is 2.39. The average molecular weight is 308 g/mol. The Morgan fingerprint density at radius 3 is 2.63 bits per heavy atom. The van der Waals surface area contributed by atoms with Gasteiger partial charge in [-0.1, -0.05) is 23.7 Å². The number of ether oxygens (including phenoxy) is 1. The normalized spacial score (nSPS) is 30.7. The van der Waals surface area contributed by atoms with E-state index in [1.54, 1.807) is 31.2 Å². The minimum atomic E-state index is -1.56. The summed E-state index contributed by atoms with van der Waals surface area (Å²) in [5.74, 6) is -1.56. The molecule has 1 aromatic carbocycles. The highest BCUT2D eigenvalue weighted by atomic mass is 35.5. The Morgan fingerprint density at radius 2 is 2.05 bits per heavy atom. The summed E-state index contributed by atoms with van der Waals surface area (Å²) in [5, 5.41) is 22.4. The summed E-state index contributed by atoms with van der Waals surface area (Å²) < 4.78 is 5.60. The second kappa shape index (κ2) is 5.56. The Balaban J connectivity index is 0.00000180. The first-order valence-electron chi connectivity index (χ1n) is 5.88. The SMILES string of the molecule is C[C@H]1N(O)C(C)(C)CO[C@]1(O)c1cccc(Cl)c1.Cl. The predicted molar refractivity (Wildman–Crippen MR) is 75.7 cm³/mol. The smallest absolute Gasteiger partial charge is 0.210 e. The summed E-state index contributed by atoms with van der Waals surface area (Å²) in [6, 6.07) is 6.24. The van der Waals surface area contributed by atoms with Crippen molar-refractivity contribution in [3.05, 3.63) is 34.9 Å². The van der Waals surface area contributed by atoms with Crippen LogP contribution in [0.25, 0.3) is 0 Å². The third kappa shape index (κ3) is 2.89. The second-order valence-electron chi connectivity index (χ2n) is 5.33. The molecular formula is C13H19Cl2NO3. The molecule has 1 heterocycles. The van der Waals surface area contributed by atoms with Gasteiger partial charge in [0.15, 0.2) is 0 Å². The van der Waals surface area contributed by atoms with Crippen molar-refractivity contribution >= 4 is 24.0 Å². The summed E-state index contributed by atoms with van der Waals surface area (Å²) in [6.07, 6.45) is 0. The van der Waals surface area contributed by atoms with Gasteiger partial charge >= 0.3 is 0 Å². The summed E-state index contributed by atoms with van der Waals surface area (Å²) in [4.78, 5) is 0. The summed E-state index contributed by atoms with van der Waals surface area (Å²) in [6.45, 7) is 5.63. The third-order valence-corrected chi connectivity index (χ3v) is 3.67. The van der Waals surface area contributed by atoms with Crippen molar-refractivity contribution in [3.8, 4) is 0 Å². The van der Waals surface area contributed by atoms with Crippen LogP contribution < -0.4 is 0 Å². The lowest BCUT2D eigenvalue weighted by atomic mass is 9.92. The molecule has 0 aromatic heterocycles. The number of hydroxylamine groups is 2. The van der Waals surface area contributed by atoms with E-state index in [1.807, 2.05) is 13.8 Å². The molecule has 1 saturated heterocycles. The molecule has 4 nitrogen and oxygen atoms in total. The van der Waals surface area contributed by atoms with Crippen LogP contribution in [0.3, 0.4) is 0 Å². The number of halogens is 2. The number of rotatable bonds is 1. The predicted octanol–water partition coefficient (Wildman–Crippen LogP) is 2.80. The van der Waals surface area contributed by atoms with Gasteiger partial charge in [-0.15, -0.1) is 12.4 Å². The van der Waals surface area contributed by atoms with E-state index in [1.165, 1.54) is 0 Å². The van der Waals surface area contributed by atoms with E-state index in [2.05, 4.69) is 0 Å². The lowest BCUT2D eigenvalue weighted by Crippen LogP contribution is -2.63. The zero-order valence-electron chi connectivity index (χ0n) is 11.1. The number of hydrogen-bond acceptors (Lipinski definition) is 4.